The summed E-state index contributed by atoms with van der Waals surface area (Å²) in [6, 6.07) is 12.3. The lowest BCUT2D eigenvalue weighted by Crippen LogP contribution is -2.32. The van der Waals surface area contributed by atoms with Crippen LogP contribution in [-0.2, 0) is 19.6 Å². The van der Waals surface area contributed by atoms with Gasteiger partial charge in [-0.25, -0.2) is 8.42 Å². The van der Waals surface area contributed by atoms with E-state index >= 15 is 0 Å². The second kappa shape index (κ2) is 11.5. The Bertz CT molecular complexity index is 1130. The quantitative estimate of drug-likeness (QED) is 0.535. The van der Waals surface area contributed by atoms with Gasteiger partial charge in [0.1, 0.15) is 0 Å². The third kappa shape index (κ3) is 7.04. The van der Waals surface area contributed by atoms with Crippen molar-refractivity contribution in [1.82, 2.24) is 5.32 Å². The van der Waals surface area contributed by atoms with Crippen LogP contribution in [0.25, 0.3) is 0 Å². The van der Waals surface area contributed by atoms with Crippen LogP contribution in [0.15, 0.2) is 42.5 Å². The number of rotatable bonds is 10. The average Bonchev–Trinajstić information content (AvgIpc) is 3.30. The number of nitrogens with zero attached hydrogens (tertiary/aromatic N) is 1. The molecule has 3 rings (SSSR count). The molecule has 2 aromatic carbocycles. The van der Waals surface area contributed by atoms with E-state index in [1.807, 2.05) is 26.0 Å². The van der Waals surface area contributed by atoms with Crippen molar-refractivity contribution in [3.8, 4) is 0 Å². The highest BCUT2D eigenvalue weighted by atomic mass is 32.2. The van der Waals surface area contributed by atoms with Crippen molar-refractivity contribution >= 4 is 33.2 Å². The van der Waals surface area contributed by atoms with Gasteiger partial charge in [-0.2, -0.15) is 0 Å². The maximum absolute atomic E-state index is 12.6. The number of nitrogens with one attached hydrogen (secondary N) is 2. The van der Waals surface area contributed by atoms with E-state index in [1.54, 1.807) is 30.3 Å². The number of aryl methyl sites for hydroxylation is 2. The fourth-order valence-corrected chi connectivity index (χ4v) is 4.82. The van der Waals surface area contributed by atoms with Crippen LogP contribution >= 0.6 is 0 Å². The van der Waals surface area contributed by atoms with Gasteiger partial charge in [0.25, 0.3) is 5.91 Å². The van der Waals surface area contributed by atoms with Gasteiger partial charge in [0.05, 0.1) is 29.3 Å². The first-order valence-corrected chi connectivity index (χ1v) is 13.3. The minimum absolute atomic E-state index is 0.0285. The second-order valence-corrected chi connectivity index (χ2v) is 10.6. The number of amides is 2. The molecule has 1 saturated heterocycles. The molecule has 0 unspecified atom stereocenters. The summed E-state index contributed by atoms with van der Waals surface area (Å²) in [7, 11) is -3.50. The maximum atomic E-state index is 12.6. The largest absolute Gasteiger partial charge is 0.376 e. The summed E-state index contributed by atoms with van der Waals surface area (Å²) in [5, 5.41) is 5.66. The van der Waals surface area contributed by atoms with Crippen molar-refractivity contribution in [2.45, 2.75) is 45.6 Å². The first-order chi connectivity index (χ1) is 16.1. The fraction of sp³-hybridized carbons (Fsp3) is 0.440. The van der Waals surface area contributed by atoms with Crippen LogP contribution in [-0.4, -0.2) is 52.3 Å². The molecule has 9 heteroatoms. The highest BCUT2D eigenvalue weighted by molar-refractivity contribution is 7.92. The zero-order valence-electron chi connectivity index (χ0n) is 20.0. The smallest absolute Gasteiger partial charge is 0.253 e. The lowest BCUT2D eigenvalue weighted by Gasteiger charge is -2.23. The summed E-state index contributed by atoms with van der Waals surface area (Å²) in [5.41, 5.74) is 3.46. The van der Waals surface area contributed by atoms with Crippen molar-refractivity contribution in [3.05, 3.63) is 59.2 Å². The van der Waals surface area contributed by atoms with E-state index in [0.29, 0.717) is 36.5 Å². The van der Waals surface area contributed by atoms with Crippen molar-refractivity contribution in [3.63, 3.8) is 0 Å². The first-order valence-electron chi connectivity index (χ1n) is 11.5. The molecule has 0 spiro atoms. The number of anilines is 2. The number of carbonyl (C=O) groups is 2. The van der Waals surface area contributed by atoms with Crippen LogP contribution in [0, 0.1) is 13.8 Å². The highest BCUT2D eigenvalue weighted by Crippen LogP contribution is 2.22. The third-order valence-corrected chi connectivity index (χ3v) is 7.10. The van der Waals surface area contributed by atoms with E-state index in [2.05, 4.69) is 10.6 Å². The fourth-order valence-electron chi connectivity index (χ4n) is 3.86. The molecular weight excluding hydrogens is 454 g/mol. The van der Waals surface area contributed by atoms with Crippen LogP contribution in [0.3, 0.4) is 0 Å². The van der Waals surface area contributed by atoms with Gasteiger partial charge < -0.3 is 15.4 Å². The summed E-state index contributed by atoms with van der Waals surface area (Å²) in [4.78, 5) is 25.2. The van der Waals surface area contributed by atoms with E-state index in [-0.39, 0.29) is 30.9 Å². The molecule has 1 aliphatic heterocycles. The van der Waals surface area contributed by atoms with Gasteiger partial charge in [0.15, 0.2) is 0 Å². The zero-order chi connectivity index (χ0) is 24.7. The standard InChI is InChI=1S/C25H33N3O5S/c1-18-12-13-20(16-19(18)2)28(34(3,31)32)14-6-11-24(29)27-23-10-5-4-9-22(23)25(30)26-17-21-8-7-15-33-21/h4-5,9-10,12-13,16,21H,6-8,11,14-15,17H2,1-3H3,(H,26,30)(H,27,29)/t21-/m0/s1. The van der Waals surface area contributed by atoms with Gasteiger partial charge in [-0.15, -0.1) is 0 Å². The Kier molecular flexibility index (Phi) is 8.68. The molecule has 0 bridgehead atoms. The minimum Gasteiger partial charge on any atom is -0.376 e. The molecule has 0 saturated carbocycles. The molecule has 1 aliphatic rings. The summed E-state index contributed by atoms with van der Waals surface area (Å²) in [6.07, 6.45) is 3.55. The lowest BCUT2D eigenvalue weighted by molar-refractivity contribution is -0.116. The molecule has 1 fully saturated rings. The van der Waals surface area contributed by atoms with E-state index < -0.39 is 10.0 Å². The first kappa shape index (κ1) is 25.7. The van der Waals surface area contributed by atoms with Crippen molar-refractivity contribution in [2.75, 3.05) is 35.6 Å². The van der Waals surface area contributed by atoms with E-state index in [0.717, 1.165) is 30.2 Å². The molecule has 2 aromatic rings. The second-order valence-electron chi connectivity index (χ2n) is 8.65. The van der Waals surface area contributed by atoms with Crippen molar-refractivity contribution in [1.29, 1.82) is 0 Å². The summed E-state index contributed by atoms with van der Waals surface area (Å²) in [6.45, 7) is 5.22. The molecule has 1 heterocycles. The molecule has 184 valence electrons. The molecular formula is C25H33N3O5S. The summed E-state index contributed by atoms with van der Waals surface area (Å²) in [5.74, 6) is -0.558. The molecule has 1 atom stereocenters. The number of hydrogen-bond acceptors (Lipinski definition) is 5. The van der Waals surface area contributed by atoms with Crippen LogP contribution in [0.4, 0.5) is 11.4 Å². The Morgan fingerprint density at radius 2 is 1.88 bits per heavy atom. The highest BCUT2D eigenvalue weighted by Gasteiger charge is 2.20. The van der Waals surface area contributed by atoms with E-state index in [9.17, 15) is 18.0 Å². The van der Waals surface area contributed by atoms with Crippen molar-refractivity contribution in [2.24, 2.45) is 0 Å². The Hall–Kier alpha value is -2.91. The number of benzene rings is 2. The topological polar surface area (TPSA) is 105 Å². The van der Waals surface area contributed by atoms with Gasteiger partial charge in [-0.1, -0.05) is 18.2 Å². The predicted molar refractivity (Wildman–Crippen MR) is 134 cm³/mol. The van der Waals surface area contributed by atoms with Crippen LogP contribution in [0.5, 0.6) is 0 Å². The Morgan fingerprint density at radius 1 is 1.12 bits per heavy atom. The Morgan fingerprint density at radius 3 is 2.56 bits per heavy atom. The number of hydrogen-bond donors (Lipinski definition) is 2. The van der Waals surface area contributed by atoms with E-state index in [1.165, 1.54) is 4.31 Å². The maximum Gasteiger partial charge on any atom is 0.253 e. The predicted octanol–water partition coefficient (Wildman–Crippen LogP) is 3.40. The lowest BCUT2D eigenvalue weighted by atomic mass is 10.1. The number of sulfonamides is 1. The molecule has 34 heavy (non-hydrogen) atoms. The minimum atomic E-state index is -3.50. The molecule has 2 N–H and O–H groups in total. The number of carbonyl (C=O) groups excluding carboxylic acids is 2. The molecule has 2 amide bonds. The Balaban J connectivity index is 1.58. The van der Waals surface area contributed by atoms with Crippen LogP contribution in [0.1, 0.15) is 47.2 Å². The van der Waals surface area contributed by atoms with Gasteiger partial charge in [0, 0.05) is 26.1 Å². The SMILES string of the molecule is Cc1ccc(N(CCCC(=O)Nc2ccccc2C(=O)NC[C@@H]2CCCO2)S(C)(=O)=O)cc1C. The summed E-state index contributed by atoms with van der Waals surface area (Å²) >= 11 is 0. The normalized spacial score (nSPS) is 15.7. The van der Waals surface area contributed by atoms with Gasteiger partial charge >= 0.3 is 0 Å². The molecule has 0 radical (unpaired) electrons. The van der Waals surface area contributed by atoms with Crippen molar-refractivity contribution < 1.29 is 22.7 Å². The number of ether oxygens (including phenoxy) is 1. The van der Waals surface area contributed by atoms with E-state index in [4.69, 9.17) is 4.74 Å². The van der Waals surface area contributed by atoms with Crippen LogP contribution in [0.2, 0.25) is 0 Å². The third-order valence-electron chi connectivity index (χ3n) is 5.90. The zero-order valence-corrected chi connectivity index (χ0v) is 20.8. The van der Waals surface area contributed by atoms with Gasteiger partial charge in [0.2, 0.25) is 15.9 Å². The Labute approximate surface area is 201 Å². The monoisotopic (exact) mass is 487 g/mol. The summed E-state index contributed by atoms with van der Waals surface area (Å²) < 4.78 is 31.5. The molecule has 8 nitrogen and oxygen atoms in total. The average molecular weight is 488 g/mol. The van der Waals surface area contributed by atoms with Gasteiger partial charge in [-0.3, -0.25) is 13.9 Å². The number of para-hydroxylation sites is 1. The molecule has 0 aliphatic carbocycles. The molecule has 0 aromatic heterocycles. The van der Waals surface area contributed by atoms with Gasteiger partial charge in [-0.05, 0) is 68.5 Å². The van der Waals surface area contributed by atoms with Crippen LogP contribution < -0.4 is 14.9 Å².